The summed E-state index contributed by atoms with van der Waals surface area (Å²) in [6.07, 6.45) is 12.7. The van der Waals surface area contributed by atoms with E-state index in [4.69, 9.17) is 5.73 Å². The van der Waals surface area contributed by atoms with E-state index >= 15 is 0 Å². The van der Waals surface area contributed by atoms with Gasteiger partial charge in [-0.15, -0.1) is 5.10 Å². The molecule has 3 aromatic rings. The van der Waals surface area contributed by atoms with E-state index in [2.05, 4.69) is 15.6 Å². The Bertz CT molecular complexity index is 1220. The van der Waals surface area contributed by atoms with E-state index in [0.717, 1.165) is 41.1 Å². The predicted octanol–water partition coefficient (Wildman–Crippen LogP) is 5.84. The largest absolute Gasteiger partial charge is 0.397 e. The maximum absolute atomic E-state index is 13.2. The van der Waals surface area contributed by atoms with Gasteiger partial charge in [-0.3, -0.25) is 9.48 Å². The highest BCUT2D eigenvalue weighted by Gasteiger charge is 2.50. The van der Waals surface area contributed by atoms with E-state index in [1.165, 1.54) is 57.1 Å². The van der Waals surface area contributed by atoms with Crippen LogP contribution in [0.3, 0.4) is 0 Å². The predicted molar refractivity (Wildman–Crippen MR) is 138 cm³/mol. The van der Waals surface area contributed by atoms with Crippen LogP contribution in [0, 0.1) is 29.0 Å². The van der Waals surface area contributed by atoms with Crippen molar-refractivity contribution in [3.05, 3.63) is 60.2 Å². The lowest BCUT2D eigenvalue weighted by Crippen LogP contribution is -2.46. The Kier molecular flexibility index (Phi) is 6.02. The fourth-order valence-electron chi connectivity index (χ4n) is 7.45. The number of benzene rings is 2. The van der Waals surface area contributed by atoms with Crippen molar-refractivity contribution < 1.29 is 9.18 Å². The zero-order valence-corrected chi connectivity index (χ0v) is 20.6. The molecule has 0 aliphatic heterocycles. The van der Waals surface area contributed by atoms with Crippen LogP contribution in [-0.2, 0) is 17.8 Å². The van der Waals surface area contributed by atoms with Crippen molar-refractivity contribution in [3.8, 4) is 11.1 Å². The number of hydrogen-bond acceptors (Lipinski definition) is 4. The number of nitrogens with two attached hydrogens (primary N) is 1. The average Bonchev–Trinajstić information content (AvgIpc) is 3.31. The van der Waals surface area contributed by atoms with Crippen molar-refractivity contribution in [1.82, 2.24) is 15.0 Å². The summed E-state index contributed by atoms with van der Waals surface area (Å²) in [7, 11) is 0. The number of nitrogen functional groups attached to an aromatic ring is 1. The summed E-state index contributed by atoms with van der Waals surface area (Å²) in [6, 6.07) is 11.7. The molecule has 1 heterocycles. The lowest BCUT2D eigenvalue weighted by molar-refractivity contribution is -0.116. The number of aryl methyl sites for hydroxylation is 2. The standard InChI is InChI=1S/C29H34FN5O/c30-24-4-1-22(2-5-24)23-3-7-26(31)27(14-23)32-28(36)8-6-25-18-35(34-33-25)10-9-29-15-19-11-20(16-29)13-21(12-19)17-29/h1-5,7,14,18-21H,6,8-13,15-17,31H2,(H,32,36). The minimum Gasteiger partial charge on any atom is -0.397 e. The first-order valence-electron chi connectivity index (χ1n) is 13.3. The molecular formula is C29H34FN5O. The van der Waals surface area contributed by atoms with Gasteiger partial charge >= 0.3 is 0 Å². The molecule has 6 nitrogen and oxygen atoms in total. The van der Waals surface area contributed by atoms with Crippen molar-refractivity contribution in [2.45, 2.75) is 64.3 Å². The van der Waals surface area contributed by atoms with Gasteiger partial charge in [-0.25, -0.2) is 4.39 Å². The Morgan fingerprint density at radius 2 is 1.69 bits per heavy atom. The second-order valence-electron chi connectivity index (χ2n) is 11.5. The molecule has 0 radical (unpaired) electrons. The van der Waals surface area contributed by atoms with Gasteiger partial charge in [0.05, 0.1) is 17.1 Å². The third-order valence-electron chi connectivity index (χ3n) is 8.74. The third-order valence-corrected chi connectivity index (χ3v) is 8.74. The summed E-state index contributed by atoms with van der Waals surface area (Å²) in [6.45, 7) is 0.915. The first kappa shape index (κ1) is 23.2. The van der Waals surface area contributed by atoms with Crippen LogP contribution in [0.25, 0.3) is 11.1 Å². The van der Waals surface area contributed by atoms with Crippen LogP contribution in [0.5, 0.6) is 0 Å². The van der Waals surface area contributed by atoms with Gasteiger partial charge in [0.1, 0.15) is 5.82 Å². The van der Waals surface area contributed by atoms with Crippen LogP contribution >= 0.6 is 0 Å². The Morgan fingerprint density at radius 3 is 2.39 bits per heavy atom. The molecule has 4 fully saturated rings. The van der Waals surface area contributed by atoms with Gasteiger partial charge < -0.3 is 11.1 Å². The second-order valence-corrected chi connectivity index (χ2v) is 11.5. The molecule has 4 aliphatic rings. The molecule has 3 N–H and O–H groups in total. The average molecular weight is 488 g/mol. The number of amides is 1. The number of hydrogen-bond donors (Lipinski definition) is 2. The van der Waals surface area contributed by atoms with Crippen molar-refractivity contribution in [1.29, 1.82) is 0 Å². The number of nitrogens with zero attached hydrogens (tertiary/aromatic N) is 3. The normalized spacial score (nSPS) is 26.3. The number of carbonyl (C=O) groups excluding carboxylic acids is 1. The van der Waals surface area contributed by atoms with Gasteiger partial charge in [0, 0.05) is 25.6 Å². The molecule has 188 valence electrons. The number of aromatic nitrogens is 3. The zero-order chi connectivity index (χ0) is 24.7. The molecule has 4 saturated carbocycles. The molecule has 2 aromatic carbocycles. The van der Waals surface area contributed by atoms with E-state index in [1.807, 2.05) is 23.0 Å². The molecule has 0 atom stereocenters. The van der Waals surface area contributed by atoms with Gasteiger partial charge in [0.2, 0.25) is 5.91 Å². The highest BCUT2D eigenvalue weighted by atomic mass is 19.1. The van der Waals surface area contributed by atoms with Crippen LogP contribution in [0.2, 0.25) is 0 Å². The third kappa shape index (κ3) is 4.88. The SMILES string of the molecule is Nc1ccc(-c2ccc(F)cc2)cc1NC(=O)CCc1cn(CCC23CC4CC(CC(C4)C2)C3)nn1. The van der Waals surface area contributed by atoms with E-state index in [1.54, 1.807) is 18.2 Å². The summed E-state index contributed by atoms with van der Waals surface area (Å²) >= 11 is 0. The van der Waals surface area contributed by atoms with E-state index in [9.17, 15) is 9.18 Å². The van der Waals surface area contributed by atoms with Gasteiger partial charge in [0.25, 0.3) is 0 Å². The molecule has 36 heavy (non-hydrogen) atoms. The fourth-order valence-corrected chi connectivity index (χ4v) is 7.45. The number of halogens is 1. The van der Waals surface area contributed by atoms with Crippen LogP contribution in [0.15, 0.2) is 48.7 Å². The molecule has 0 saturated heterocycles. The topological polar surface area (TPSA) is 85.8 Å². The zero-order valence-electron chi connectivity index (χ0n) is 20.6. The fraction of sp³-hybridized carbons (Fsp3) is 0.483. The minimum absolute atomic E-state index is 0.124. The maximum atomic E-state index is 13.2. The summed E-state index contributed by atoms with van der Waals surface area (Å²) in [4.78, 5) is 12.7. The molecular weight excluding hydrogens is 453 g/mol. The van der Waals surface area contributed by atoms with Crippen LogP contribution in [0.4, 0.5) is 15.8 Å². The smallest absolute Gasteiger partial charge is 0.224 e. The van der Waals surface area contributed by atoms with E-state index in [0.29, 0.717) is 29.6 Å². The monoisotopic (exact) mass is 487 g/mol. The van der Waals surface area contributed by atoms with Crippen molar-refractivity contribution >= 4 is 17.3 Å². The molecule has 1 amide bonds. The van der Waals surface area contributed by atoms with Crippen molar-refractivity contribution in [2.24, 2.45) is 23.2 Å². The molecule has 4 aliphatic carbocycles. The lowest BCUT2D eigenvalue weighted by Gasteiger charge is -2.57. The summed E-state index contributed by atoms with van der Waals surface area (Å²) in [5.41, 5.74) is 10.2. The van der Waals surface area contributed by atoms with Gasteiger partial charge in [-0.2, -0.15) is 0 Å². The lowest BCUT2D eigenvalue weighted by atomic mass is 9.49. The van der Waals surface area contributed by atoms with Crippen molar-refractivity contribution in [3.63, 3.8) is 0 Å². The number of carbonyl (C=O) groups is 1. The Balaban J connectivity index is 1.02. The van der Waals surface area contributed by atoms with Crippen LogP contribution in [0.1, 0.15) is 57.1 Å². The summed E-state index contributed by atoms with van der Waals surface area (Å²) in [5, 5.41) is 11.6. The number of anilines is 2. The first-order chi connectivity index (χ1) is 17.4. The minimum atomic E-state index is -0.285. The highest BCUT2D eigenvalue weighted by Crippen LogP contribution is 2.61. The molecule has 4 bridgehead atoms. The van der Waals surface area contributed by atoms with Gasteiger partial charge in [-0.05, 0) is 104 Å². The molecule has 1 aromatic heterocycles. The summed E-state index contributed by atoms with van der Waals surface area (Å²) < 4.78 is 15.2. The Labute approximate surface area is 211 Å². The quantitative estimate of drug-likeness (QED) is 0.391. The van der Waals surface area contributed by atoms with Gasteiger partial charge in [-0.1, -0.05) is 23.4 Å². The number of nitrogens with one attached hydrogen (secondary N) is 1. The summed E-state index contributed by atoms with van der Waals surface area (Å²) in [5.74, 6) is 2.48. The molecule has 7 heteroatoms. The Morgan fingerprint density at radius 1 is 1.03 bits per heavy atom. The Hall–Kier alpha value is -3.22. The second kappa shape index (κ2) is 9.34. The van der Waals surface area contributed by atoms with Crippen molar-refractivity contribution in [2.75, 3.05) is 11.1 Å². The van der Waals surface area contributed by atoms with Gasteiger partial charge in [0.15, 0.2) is 0 Å². The first-order valence-corrected chi connectivity index (χ1v) is 13.3. The maximum Gasteiger partial charge on any atom is 0.224 e. The van der Waals surface area contributed by atoms with Crippen LogP contribution in [-0.4, -0.2) is 20.9 Å². The number of rotatable bonds is 8. The molecule has 0 unspecified atom stereocenters. The van der Waals surface area contributed by atoms with Crippen LogP contribution < -0.4 is 11.1 Å². The van der Waals surface area contributed by atoms with E-state index < -0.39 is 0 Å². The molecule has 0 spiro atoms. The highest BCUT2D eigenvalue weighted by molar-refractivity contribution is 5.95. The van der Waals surface area contributed by atoms with E-state index in [-0.39, 0.29) is 11.7 Å². The molecule has 7 rings (SSSR count).